The largest absolute Gasteiger partial charge is 0.382 e. The van der Waals surface area contributed by atoms with E-state index in [1.165, 1.54) is 23.3 Å². The third-order valence-corrected chi connectivity index (χ3v) is 3.61. The summed E-state index contributed by atoms with van der Waals surface area (Å²) in [4.78, 5) is 0. The van der Waals surface area contributed by atoms with Gasteiger partial charge < -0.3 is 5.32 Å². The minimum Gasteiger partial charge on any atom is -0.382 e. The summed E-state index contributed by atoms with van der Waals surface area (Å²) < 4.78 is 26.5. The molecule has 0 saturated carbocycles. The zero-order chi connectivity index (χ0) is 16.1. The maximum atomic E-state index is 13.3. The number of benzene rings is 2. The Morgan fingerprint density at radius 1 is 1.09 bits per heavy atom. The van der Waals surface area contributed by atoms with Crippen LogP contribution in [0.4, 0.5) is 14.5 Å². The number of halogens is 2. The van der Waals surface area contributed by atoms with Gasteiger partial charge in [-0.15, -0.1) is 6.58 Å². The fraction of sp³-hybridized carbons (Fsp3) is 0.263. The molecule has 1 unspecified atom stereocenters. The van der Waals surface area contributed by atoms with Crippen LogP contribution in [-0.2, 0) is 12.8 Å². The van der Waals surface area contributed by atoms with Crippen molar-refractivity contribution >= 4 is 5.69 Å². The molecule has 0 bridgehead atoms. The molecule has 2 aromatic carbocycles. The molecule has 2 aromatic rings. The van der Waals surface area contributed by atoms with Gasteiger partial charge in [-0.1, -0.05) is 30.3 Å². The van der Waals surface area contributed by atoms with Gasteiger partial charge in [0.15, 0.2) is 11.6 Å². The lowest BCUT2D eigenvalue weighted by molar-refractivity contribution is 0.508. The van der Waals surface area contributed by atoms with Crippen LogP contribution in [0.2, 0.25) is 0 Å². The summed E-state index contributed by atoms with van der Waals surface area (Å²) in [6, 6.07) is 10.9. The Labute approximate surface area is 130 Å². The van der Waals surface area contributed by atoms with Crippen molar-refractivity contribution in [3.63, 3.8) is 0 Å². The molecule has 0 aromatic heterocycles. The Hall–Kier alpha value is -2.16. The molecule has 0 spiro atoms. The molecule has 0 aliphatic carbocycles. The molecular weight excluding hydrogens is 280 g/mol. The van der Waals surface area contributed by atoms with Gasteiger partial charge in [-0.05, 0) is 49.4 Å². The van der Waals surface area contributed by atoms with Gasteiger partial charge in [-0.2, -0.15) is 0 Å². The van der Waals surface area contributed by atoms with E-state index in [1.807, 2.05) is 13.0 Å². The van der Waals surface area contributed by atoms with Gasteiger partial charge in [0, 0.05) is 17.8 Å². The first-order valence-corrected chi connectivity index (χ1v) is 7.40. The number of aryl methyl sites for hydroxylation is 1. The van der Waals surface area contributed by atoms with Gasteiger partial charge in [0.25, 0.3) is 0 Å². The van der Waals surface area contributed by atoms with E-state index in [1.54, 1.807) is 6.92 Å². The molecule has 1 nitrogen and oxygen atoms in total. The second-order valence-electron chi connectivity index (χ2n) is 5.64. The van der Waals surface area contributed by atoms with Crippen LogP contribution < -0.4 is 5.32 Å². The summed E-state index contributed by atoms with van der Waals surface area (Å²) >= 11 is 0. The molecular formula is C19H21F2N. The third-order valence-electron chi connectivity index (χ3n) is 3.61. The smallest absolute Gasteiger partial charge is 0.160 e. The van der Waals surface area contributed by atoms with Crippen molar-refractivity contribution in [2.45, 2.75) is 32.7 Å². The van der Waals surface area contributed by atoms with Crippen molar-refractivity contribution in [1.82, 2.24) is 0 Å². The number of hydrogen-bond donors (Lipinski definition) is 1. The average molecular weight is 301 g/mol. The normalized spacial score (nSPS) is 12.0. The van der Waals surface area contributed by atoms with Crippen LogP contribution in [0.3, 0.4) is 0 Å². The topological polar surface area (TPSA) is 12.0 Å². The minimum atomic E-state index is -0.825. The summed E-state index contributed by atoms with van der Waals surface area (Å²) in [5.41, 5.74) is 3.77. The standard InChI is InChI=1S/C19H21F2N/c1-4-5-15-6-8-16(9-7-15)11-14(3)22-19-12-18(21)17(20)10-13(19)2/h4,6-10,12,14,22H,1,5,11H2,2-3H3. The van der Waals surface area contributed by atoms with Gasteiger partial charge in [-0.3, -0.25) is 0 Å². The molecule has 0 amide bonds. The van der Waals surface area contributed by atoms with Gasteiger partial charge in [-0.25, -0.2) is 8.78 Å². The zero-order valence-electron chi connectivity index (χ0n) is 13.0. The van der Waals surface area contributed by atoms with E-state index < -0.39 is 11.6 Å². The fourth-order valence-electron chi connectivity index (χ4n) is 2.45. The van der Waals surface area contributed by atoms with E-state index in [4.69, 9.17) is 0 Å². The number of anilines is 1. The van der Waals surface area contributed by atoms with Crippen molar-refractivity contribution in [3.05, 3.63) is 77.4 Å². The Bertz CT molecular complexity index is 647. The summed E-state index contributed by atoms with van der Waals surface area (Å²) in [5, 5.41) is 3.24. The molecule has 0 heterocycles. The molecule has 1 N–H and O–H groups in total. The van der Waals surface area contributed by atoms with Crippen molar-refractivity contribution in [2.75, 3.05) is 5.32 Å². The summed E-state index contributed by atoms with van der Waals surface area (Å²) in [5.74, 6) is -1.64. The molecule has 22 heavy (non-hydrogen) atoms. The van der Waals surface area contributed by atoms with Crippen LogP contribution in [0.25, 0.3) is 0 Å². The van der Waals surface area contributed by atoms with Crippen LogP contribution in [0, 0.1) is 18.6 Å². The van der Waals surface area contributed by atoms with Crippen LogP contribution >= 0.6 is 0 Å². The number of nitrogens with one attached hydrogen (secondary N) is 1. The first-order chi connectivity index (χ1) is 10.5. The molecule has 0 fully saturated rings. The highest BCUT2D eigenvalue weighted by Crippen LogP contribution is 2.20. The predicted molar refractivity (Wildman–Crippen MR) is 88.2 cm³/mol. The quantitative estimate of drug-likeness (QED) is 0.737. The van der Waals surface area contributed by atoms with E-state index >= 15 is 0 Å². The molecule has 1 atom stereocenters. The summed E-state index contributed by atoms with van der Waals surface area (Å²) in [7, 11) is 0. The SMILES string of the molecule is C=CCc1ccc(CC(C)Nc2cc(F)c(F)cc2C)cc1. The lowest BCUT2D eigenvalue weighted by Crippen LogP contribution is -2.19. The minimum absolute atomic E-state index is 0.119. The number of rotatable bonds is 6. The first kappa shape index (κ1) is 16.2. The monoisotopic (exact) mass is 301 g/mol. The van der Waals surface area contributed by atoms with E-state index in [0.717, 1.165) is 12.8 Å². The second kappa shape index (κ2) is 7.21. The summed E-state index contributed by atoms with van der Waals surface area (Å²) in [6.45, 7) is 7.52. The molecule has 116 valence electrons. The van der Waals surface area contributed by atoms with E-state index in [9.17, 15) is 8.78 Å². The van der Waals surface area contributed by atoms with Crippen LogP contribution in [0.15, 0.2) is 49.1 Å². The third kappa shape index (κ3) is 4.17. The number of allylic oxidation sites excluding steroid dienone is 1. The lowest BCUT2D eigenvalue weighted by Gasteiger charge is -2.17. The highest BCUT2D eigenvalue weighted by Gasteiger charge is 2.10. The Balaban J connectivity index is 2.02. The van der Waals surface area contributed by atoms with E-state index in [-0.39, 0.29) is 6.04 Å². The van der Waals surface area contributed by atoms with Crippen LogP contribution in [0.5, 0.6) is 0 Å². The first-order valence-electron chi connectivity index (χ1n) is 7.40. The fourth-order valence-corrected chi connectivity index (χ4v) is 2.45. The zero-order valence-corrected chi connectivity index (χ0v) is 13.0. The molecule has 0 aliphatic rings. The molecule has 3 heteroatoms. The highest BCUT2D eigenvalue weighted by atomic mass is 19.2. The molecule has 0 saturated heterocycles. The molecule has 0 radical (unpaired) electrons. The average Bonchev–Trinajstić information content (AvgIpc) is 2.47. The lowest BCUT2D eigenvalue weighted by atomic mass is 10.0. The van der Waals surface area contributed by atoms with Crippen molar-refractivity contribution in [3.8, 4) is 0 Å². The van der Waals surface area contributed by atoms with Gasteiger partial charge in [0.1, 0.15) is 0 Å². The Morgan fingerprint density at radius 3 is 2.32 bits per heavy atom. The Kier molecular flexibility index (Phi) is 5.31. The molecule has 2 rings (SSSR count). The van der Waals surface area contributed by atoms with Gasteiger partial charge in [0.05, 0.1) is 0 Å². The van der Waals surface area contributed by atoms with Crippen LogP contribution in [0.1, 0.15) is 23.6 Å². The van der Waals surface area contributed by atoms with Crippen molar-refractivity contribution < 1.29 is 8.78 Å². The predicted octanol–water partition coefficient (Wildman–Crippen LogP) is 5.04. The highest BCUT2D eigenvalue weighted by molar-refractivity contribution is 5.51. The van der Waals surface area contributed by atoms with Gasteiger partial charge in [0.2, 0.25) is 0 Å². The van der Waals surface area contributed by atoms with Crippen molar-refractivity contribution in [1.29, 1.82) is 0 Å². The summed E-state index contributed by atoms with van der Waals surface area (Å²) in [6.07, 6.45) is 3.56. The van der Waals surface area contributed by atoms with Crippen LogP contribution in [-0.4, -0.2) is 6.04 Å². The van der Waals surface area contributed by atoms with E-state index in [2.05, 4.69) is 36.2 Å². The van der Waals surface area contributed by atoms with E-state index in [0.29, 0.717) is 11.3 Å². The van der Waals surface area contributed by atoms with Crippen molar-refractivity contribution in [2.24, 2.45) is 0 Å². The number of hydrogen-bond acceptors (Lipinski definition) is 1. The second-order valence-corrected chi connectivity index (χ2v) is 5.64. The Morgan fingerprint density at radius 2 is 1.68 bits per heavy atom. The maximum Gasteiger partial charge on any atom is 0.160 e. The maximum absolute atomic E-state index is 13.3. The van der Waals surface area contributed by atoms with Gasteiger partial charge >= 0.3 is 0 Å². The molecule has 0 aliphatic heterocycles.